The molecule has 3 aromatic rings. The van der Waals surface area contributed by atoms with E-state index in [1.165, 1.54) is 34.5 Å². The number of rotatable bonds is 3. The molecule has 0 amide bonds. The third-order valence-electron chi connectivity index (χ3n) is 2.56. The number of hydrogen-bond acceptors (Lipinski definition) is 5. The van der Waals surface area contributed by atoms with Crippen molar-refractivity contribution in [1.82, 2.24) is 19.5 Å². The van der Waals surface area contributed by atoms with E-state index in [9.17, 15) is 4.79 Å². The molecule has 6 heteroatoms. The van der Waals surface area contributed by atoms with Gasteiger partial charge in [-0.2, -0.15) is 0 Å². The van der Waals surface area contributed by atoms with Gasteiger partial charge >= 0.3 is 0 Å². The van der Waals surface area contributed by atoms with E-state index in [4.69, 9.17) is 0 Å². The monoisotopic (exact) mass is 270 g/mol. The predicted molar refractivity (Wildman–Crippen MR) is 72.9 cm³/mol. The lowest BCUT2D eigenvalue weighted by molar-refractivity contribution is 0.723. The molecule has 0 aromatic carbocycles. The molecule has 0 aliphatic carbocycles. The molecule has 0 unspecified atom stereocenters. The topological polar surface area (TPSA) is 60.7 Å². The second kappa shape index (κ2) is 5.11. The molecular weight excluding hydrogens is 260 g/mol. The molecule has 0 N–H and O–H groups in total. The largest absolute Gasteiger partial charge is 0.293 e. The molecule has 0 atom stereocenters. The van der Waals surface area contributed by atoms with Crippen molar-refractivity contribution in [2.24, 2.45) is 0 Å². The first kappa shape index (κ1) is 11.7. The molecule has 0 radical (unpaired) electrons. The first-order chi connectivity index (χ1) is 9.33. The summed E-state index contributed by atoms with van der Waals surface area (Å²) in [5.74, 6) is 0. The number of hydrogen-bond donors (Lipinski definition) is 0. The summed E-state index contributed by atoms with van der Waals surface area (Å²) < 4.78 is 1.53. The van der Waals surface area contributed by atoms with Crippen molar-refractivity contribution in [2.45, 2.75) is 6.54 Å². The summed E-state index contributed by atoms with van der Waals surface area (Å²) in [5, 5.41) is 2.79. The number of aromatic nitrogens is 4. The third-order valence-corrected chi connectivity index (χ3v) is 3.47. The smallest absolute Gasteiger partial charge is 0.253 e. The minimum Gasteiger partial charge on any atom is -0.293 e. The van der Waals surface area contributed by atoms with Crippen LogP contribution in [0.4, 0.5) is 0 Å². The van der Waals surface area contributed by atoms with Crippen LogP contribution in [0.5, 0.6) is 0 Å². The summed E-state index contributed by atoms with van der Waals surface area (Å²) in [7, 11) is 0. The highest BCUT2D eigenvalue weighted by atomic mass is 32.1. The van der Waals surface area contributed by atoms with Crippen molar-refractivity contribution in [2.75, 3.05) is 0 Å². The summed E-state index contributed by atoms with van der Waals surface area (Å²) in [6.45, 7) is 0.427. The molecule has 0 saturated heterocycles. The molecule has 0 saturated carbocycles. The van der Waals surface area contributed by atoms with Gasteiger partial charge in [0, 0.05) is 23.8 Å². The molecule has 0 aliphatic rings. The van der Waals surface area contributed by atoms with Crippen molar-refractivity contribution in [3.63, 3.8) is 0 Å². The zero-order chi connectivity index (χ0) is 13.1. The maximum absolute atomic E-state index is 11.6. The van der Waals surface area contributed by atoms with Gasteiger partial charge in [0.05, 0.1) is 24.3 Å². The summed E-state index contributed by atoms with van der Waals surface area (Å²) in [6.07, 6.45) is 4.74. The minimum atomic E-state index is -0.0811. The zero-order valence-electron chi connectivity index (χ0n) is 9.93. The van der Waals surface area contributed by atoms with Crippen LogP contribution in [0.25, 0.3) is 10.7 Å². The van der Waals surface area contributed by atoms with Gasteiger partial charge in [0.1, 0.15) is 5.01 Å². The van der Waals surface area contributed by atoms with Crippen LogP contribution < -0.4 is 5.56 Å². The van der Waals surface area contributed by atoms with Gasteiger partial charge in [-0.1, -0.05) is 6.07 Å². The molecule has 3 heterocycles. The van der Waals surface area contributed by atoms with Gasteiger partial charge in [-0.25, -0.2) is 9.97 Å². The third kappa shape index (κ3) is 2.58. The Morgan fingerprint density at radius 1 is 1.21 bits per heavy atom. The lowest BCUT2D eigenvalue weighted by atomic mass is 10.3. The fourth-order valence-corrected chi connectivity index (χ4v) is 2.44. The molecule has 3 rings (SSSR count). The Labute approximate surface area is 113 Å². The zero-order valence-corrected chi connectivity index (χ0v) is 10.7. The van der Waals surface area contributed by atoms with Gasteiger partial charge in [0.25, 0.3) is 5.56 Å². The number of thiazole rings is 1. The Balaban J connectivity index is 1.87. The Hall–Kier alpha value is -2.34. The molecule has 19 heavy (non-hydrogen) atoms. The molecular formula is C13H10N4OS. The minimum absolute atomic E-state index is 0.0811. The fourth-order valence-electron chi connectivity index (χ4n) is 1.66. The molecule has 0 fully saturated rings. The second-order valence-electron chi connectivity index (χ2n) is 3.91. The average molecular weight is 270 g/mol. The Kier molecular flexibility index (Phi) is 3.16. The predicted octanol–water partition coefficient (Wildman–Crippen LogP) is 1.81. The summed E-state index contributed by atoms with van der Waals surface area (Å²) in [5.41, 5.74) is 1.60. The van der Waals surface area contributed by atoms with Gasteiger partial charge in [-0.3, -0.25) is 14.3 Å². The lowest BCUT2D eigenvalue weighted by Gasteiger charge is -2.00. The summed E-state index contributed by atoms with van der Waals surface area (Å²) in [6, 6.07) is 7.15. The molecule has 0 spiro atoms. The normalized spacial score (nSPS) is 10.5. The van der Waals surface area contributed by atoms with Crippen LogP contribution in [0.1, 0.15) is 5.69 Å². The quantitative estimate of drug-likeness (QED) is 0.728. The highest BCUT2D eigenvalue weighted by Gasteiger charge is 2.06. The van der Waals surface area contributed by atoms with Crippen LogP contribution in [0.3, 0.4) is 0 Å². The Morgan fingerprint density at radius 3 is 2.95 bits per heavy atom. The van der Waals surface area contributed by atoms with E-state index in [0.717, 1.165) is 16.4 Å². The standard InChI is InChI=1S/C13H10N4OS/c18-12-4-6-14-9-17(12)7-10-8-19-13(16-10)11-3-1-2-5-15-11/h1-6,8-9H,7H2. The molecule has 3 aromatic heterocycles. The van der Waals surface area contributed by atoms with E-state index in [2.05, 4.69) is 15.0 Å². The van der Waals surface area contributed by atoms with E-state index in [1.807, 2.05) is 23.6 Å². The first-order valence-electron chi connectivity index (χ1n) is 5.69. The highest BCUT2D eigenvalue weighted by Crippen LogP contribution is 2.21. The van der Waals surface area contributed by atoms with Crippen LogP contribution in [0.2, 0.25) is 0 Å². The van der Waals surface area contributed by atoms with E-state index in [-0.39, 0.29) is 5.56 Å². The fraction of sp³-hybridized carbons (Fsp3) is 0.0769. The average Bonchev–Trinajstić information content (AvgIpc) is 2.91. The van der Waals surface area contributed by atoms with Crippen molar-refractivity contribution in [3.8, 4) is 10.7 Å². The van der Waals surface area contributed by atoms with Crippen LogP contribution in [0.15, 0.2) is 53.2 Å². The summed E-state index contributed by atoms with van der Waals surface area (Å²) >= 11 is 1.52. The summed E-state index contributed by atoms with van der Waals surface area (Å²) in [4.78, 5) is 24.3. The Morgan fingerprint density at radius 2 is 2.16 bits per heavy atom. The molecule has 0 aliphatic heterocycles. The molecule has 5 nitrogen and oxygen atoms in total. The van der Waals surface area contributed by atoms with Crippen LogP contribution in [-0.2, 0) is 6.54 Å². The van der Waals surface area contributed by atoms with Crippen molar-refractivity contribution >= 4 is 11.3 Å². The number of nitrogens with zero attached hydrogens (tertiary/aromatic N) is 4. The number of pyridine rings is 1. The second-order valence-corrected chi connectivity index (χ2v) is 4.76. The van der Waals surface area contributed by atoms with Crippen molar-refractivity contribution in [1.29, 1.82) is 0 Å². The van der Waals surface area contributed by atoms with Gasteiger partial charge in [-0.05, 0) is 12.1 Å². The first-order valence-corrected chi connectivity index (χ1v) is 6.57. The molecule has 94 valence electrons. The van der Waals surface area contributed by atoms with E-state index in [0.29, 0.717) is 6.54 Å². The van der Waals surface area contributed by atoms with Gasteiger partial charge < -0.3 is 0 Å². The molecule has 0 bridgehead atoms. The van der Waals surface area contributed by atoms with Gasteiger partial charge in [-0.15, -0.1) is 11.3 Å². The van der Waals surface area contributed by atoms with Crippen LogP contribution >= 0.6 is 11.3 Å². The highest BCUT2D eigenvalue weighted by molar-refractivity contribution is 7.13. The van der Waals surface area contributed by atoms with Gasteiger partial charge in [0.15, 0.2) is 0 Å². The van der Waals surface area contributed by atoms with Crippen LogP contribution in [0, 0.1) is 0 Å². The maximum atomic E-state index is 11.6. The van der Waals surface area contributed by atoms with Crippen molar-refractivity contribution in [3.05, 3.63) is 64.4 Å². The lowest BCUT2D eigenvalue weighted by Crippen LogP contribution is -2.19. The maximum Gasteiger partial charge on any atom is 0.253 e. The van der Waals surface area contributed by atoms with E-state index in [1.54, 1.807) is 6.20 Å². The SMILES string of the molecule is O=c1ccncn1Cc1csc(-c2ccccn2)n1. The van der Waals surface area contributed by atoms with Gasteiger partial charge in [0.2, 0.25) is 0 Å². The van der Waals surface area contributed by atoms with E-state index < -0.39 is 0 Å². The van der Waals surface area contributed by atoms with Crippen LogP contribution in [-0.4, -0.2) is 19.5 Å². The Bertz CT molecular complexity index is 735. The van der Waals surface area contributed by atoms with E-state index >= 15 is 0 Å². The van der Waals surface area contributed by atoms with Crippen molar-refractivity contribution < 1.29 is 0 Å².